The first-order valence-corrected chi connectivity index (χ1v) is 10.2. The van der Waals surface area contributed by atoms with Crippen molar-refractivity contribution in [1.29, 1.82) is 0 Å². The van der Waals surface area contributed by atoms with Gasteiger partial charge in [-0.05, 0) is 30.9 Å². The molecule has 3 aliphatic rings. The van der Waals surface area contributed by atoms with Gasteiger partial charge in [-0.1, -0.05) is 31.9 Å². The number of hydrogen-bond acceptors (Lipinski definition) is 5. The van der Waals surface area contributed by atoms with Gasteiger partial charge in [0.25, 0.3) is 5.91 Å². The maximum Gasteiger partial charge on any atom is 0.325 e. The summed E-state index contributed by atoms with van der Waals surface area (Å²) in [5.74, 6) is 0.813. The maximum absolute atomic E-state index is 13.0. The molecule has 0 unspecified atom stereocenters. The summed E-state index contributed by atoms with van der Waals surface area (Å²) in [6.07, 6.45) is 3.17. The molecule has 8 nitrogen and oxygen atoms in total. The van der Waals surface area contributed by atoms with E-state index in [0.717, 1.165) is 24.2 Å². The smallest absolute Gasteiger partial charge is 0.325 e. The molecule has 3 atom stereocenters. The van der Waals surface area contributed by atoms with Gasteiger partial charge in [0, 0.05) is 7.05 Å². The highest BCUT2D eigenvalue weighted by atomic mass is 16.6. The Kier molecular flexibility index (Phi) is 5.10. The fraction of sp³-hybridized carbons (Fsp3) is 0.571. The van der Waals surface area contributed by atoms with Gasteiger partial charge in [0.1, 0.15) is 18.7 Å². The van der Waals surface area contributed by atoms with Crippen LogP contribution in [0.3, 0.4) is 0 Å². The van der Waals surface area contributed by atoms with Crippen LogP contribution in [0, 0.1) is 5.92 Å². The summed E-state index contributed by atoms with van der Waals surface area (Å²) in [7, 11) is 1.64. The minimum Gasteiger partial charge on any atom is -0.486 e. The summed E-state index contributed by atoms with van der Waals surface area (Å²) >= 11 is 0. The highest BCUT2D eigenvalue weighted by molar-refractivity contribution is 6.09. The van der Waals surface area contributed by atoms with Crippen LogP contribution in [-0.2, 0) is 9.59 Å². The van der Waals surface area contributed by atoms with Gasteiger partial charge in [0.05, 0.1) is 6.54 Å². The molecule has 156 valence electrons. The van der Waals surface area contributed by atoms with Crippen LogP contribution in [-0.4, -0.2) is 66.0 Å². The van der Waals surface area contributed by atoms with Crippen molar-refractivity contribution in [3.8, 4) is 11.5 Å². The molecule has 1 aromatic rings. The fourth-order valence-corrected chi connectivity index (χ4v) is 4.46. The predicted octanol–water partition coefficient (Wildman–Crippen LogP) is 1.79. The van der Waals surface area contributed by atoms with E-state index < -0.39 is 11.6 Å². The number of carbonyl (C=O) groups excluding carboxylic acids is 3. The molecule has 1 saturated heterocycles. The fourth-order valence-electron chi connectivity index (χ4n) is 4.46. The number of benzene rings is 1. The number of hydrogen-bond donors (Lipinski definition) is 1. The number of likely N-dealkylation sites (N-methyl/N-ethyl adjacent to an activating group) is 1. The van der Waals surface area contributed by atoms with Gasteiger partial charge in [-0.2, -0.15) is 0 Å². The van der Waals surface area contributed by atoms with Gasteiger partial charge in [-0.3, -0.25) is 14.5 Å². The molecule has 2 fully saturated rings. The normalized spacial score (nSPS) is 28.4. The number of fused-ring (bicyclic) bond motifs is 1. The van der Waals surface area contributed by atoms with Crippen LogP contribution >= 0.6 is 0 Å². The molecule has 0 radical (unpaired) electrons. The number of carbonyl (C=O) groups is 3. The Bertz CT molecular complexity index is 828. The Balaban J connectivity index is 1.36. The molecule has 1 saturated carbocycles. The molecule has 1 spiro atoms. The van der Waals surface area contributed by atoms with Crippen molar-refractivity contribution >= 4 is 17.8 Å². The second-order valence-corrected chi connectivity index (χ2v) is 8.21. The molecule has 2 aliphatic heterocycles. The first-order valence-electron chi connectivity index (χ1n) is 10.2. The molecule has 0 bridgehead atoms. The zero-order valence-electron chi connectivity index (χ0n) is 16.8. The summed E-state index contributed by atoms with van der Waals surface area (Å²) in [6.45, 7) is 2.36. The minimum atomic E-state index is -0.849. The molecule has 4 amide bonds. The molecular weight excluding hydrogens is 374 g/mol. The van der Waals surface area contributed by atoms with Crippen molar-refractivity contribution in [3.63, 3.8) is 0 Å². The zero-order chi connectivity index (χ0) is 20.6. The quantitative estimate of drug-likeness (QED) is 0.777. The number of nitrogens with one attached hydrogen (secondary N) is 1. The third-order valence-corrected chi connectivity index (χ3v) is 6.27. The first-order chi connectivity index (χ1) is 13.9. The summed E-state index contributed by atoms with van der Waals surface area (Å²) in [4.78, 5) is 40.7. The van der Waals surface area contributed by atoms with Crippen molar-refractivity contribution in [2.75, 3.05) is 26.7 Å². The van der Waals surface area contributed by atoms with Crippen LogP contribution in [0.4, 0.5) is 4.79 Å². The number of amides is 4. The standard InChI is InChI=1S/C21H27N3O5/c1-14-7-5-6-10-21(14)19(26)24(20(27)22-21)12-18(25)23(2)11-15-13-28-16-8-3-4-9-17(16)29-15/h3-4,8-9,14-15H,5-7,10-13H2,1-2H3,(H,22,27)/t14-,15+,21+/m0/s1. The van der Waals surface area contributed by atoms with Gasteiger partial charge in [-0.25, -0.2) is 4.79 Å². The van der Waals surface area contributed by atoms with Gasteiger partial charge in [0.2, 0.25) is 5.91 Å². The largest absolute Gasteiger partial charge is 0.486 e. The molecule has 4 rings (SSSR count). The average Bonchev–Trinajstić information content (AvgIpc) is 2.95. The predicted molar refractivity (Wildman–Crippen MR) is 105 cm³/mol. The van der Waals surface area contributed by atoms with Crippen LogP contribution in [0.1, 0.15) is 32.6 Å². The Hall–Kier alpha value is -2.77. The van der Waals surface area contributed by atoms with Gasteiger partial charge >= 0.3 is 6.03 Å². The topological polar surface area (TPSA) is 88.2 Å². The number of ether oxygens (including phenoxy) is 2. The molecule has 8 heteroatoms. The summed E-state index contributed by atoms with van der Waals surface area (Å²) in [6, 6.07) is 6.91. The molecule has 1 aliphatic carbocycles. The van der Waals surface area contributed by atoms with Crippen LogP contribution in [0.2, 0.25) is 0 Å². The van der Waals surface area contributed by atoms with E-state index in [2.05, 4.69) is 5.32 Å². The number of rotatable bonds is 4. The lowest BCUT2D eigenvalue weighted by molar-refractivity contribution is -0.140. The summed E-state index contributed by atoms with van der Waals surface area (Å²) in [5, 5.41) is 2.88. The van der Waals surface area contributed by atoms with E-state index in [4.69, 9.17) is 9.47 Å². The first kappa shape index (κ1) is 19.5. The molecule has 1 N–H and O–H groups in total. The Morgan fingerprint density at radius 3 is 2.79 bits per heavy atom. The van der Waals surface area contributed by atoms with E-state index in [0.29, 0.717) is 31.1 Å². The monoisotopic (exact) mass is 401 g/mol. The Morgan fingerprint density at radius 2 is 2.03 bits per heavy atom. The van der Waals surface area contributed by atoms with E-state index in [1.54, 1.807) is 7.05 Å². The number of para-hydroxylation sites is 2. The Labute approximate surface area is 170 Å². The average molecular weight is 401 g/mol. The lowest BCUT2D eigenvalue weighted by atomic mass is 9.73. The highest BCUT2D eigenvalue weighted by Crippen LogP contribution is 2.38. The molecule has 0 aromatic heterocycles. The van der Waals surface area contributed by atoms with Crippen LogP contribution in [0.5, 0.6) is 11.5 Å². The number of nitrogens with zero attached hydrogens (tertiary/aromatic N) is 2. The molecule has 29 heavy (non-hydrogen) atoms. The summed E-state index contributed by atoms with van der Waals surface area (Å²) in [5.41, 5.74) is -0.849. The van der Waals surface area contributed by atoms with Crippen molar-refractivity contribution in [2.24, 2.45) is 5.92 Å². The Morgan fingerprint density at radius 1 is 1.28 bits per heavy atom. The maximum atomic E-state index is 13.0. The van der Waals surface area contributed by atoms with E-state index >= 15 is 0 Å². The number of urea groups is 1. The van der Waals surface area contributed by atoms with E-state index in [9.17, 15) is 14.4 Å². The van der Waals surface area contributed by atoms with E-state index in [1.165, 1.54) is 4.90 Å². The van der Waals surface area contributed by atoms with Gasteiger partial charge in [0.15, 0.2) is 17.6 Å². The second kappa shape index (κ2) is 7.57. The van der Waals surface area contributed by atoms with Crippen molar-refractivity contribution in [2.45, 2.75) is 44.2 Å². The van der Waals surface area contributed by atoms with Crippen molar-refractivity contribution < 1.29 is 23.9 Å². The van der Waals surface area contributed by atoms with Gasteiger partial charge < -0.3 is 19.7 Å². The third kappa shape index (κ3) is 3.52. The lowest BCUT2D eigenvalue weighted by Crippen LogP contribution is -2.54. The second-order valence-electron chi connectivity index (χ2n) is 8.21. The van der Waals surface area contributed by atoms with Crippen LogP contribution < -0.4 is 14.8 Å². The zero-order valence-corrected chi connectivity index (χ0v) is 16.8. The SMILES string of the molecule is C[C@H]1CCCC[C@@]12NC(=O)N(CC(=O)N(C)C[C@@H]1COc3ccccc3O1)C2=O. The van der Waals surface area contributed by atoms with Gasteiger partial charge in [-0.15, -0.1) is 0 Å². The minimum absolute atomic E-state index is 0.0680. The van der Waals surface area contributed by atoms with Crippen LogP contribution in [0.25, 0.3) is 0 Å². The van der Waals surface area contributed by atoms with Crippen molar-refractivity contribution in [1.82, 2.24) is 15.1 Å². The van der Waals surface area contributed by atoms with E-state index in [-0.39, 0.29) is 30.4 Å². The third-order valence-electron chi connectivity index (χ3n) is 6.27. The highest BCUT2D eigenvalue weighted by Gasteiger charge is 2.55. The number of imide groups is 1. The molecular formula is C21H27N3O5. The van der Waals surface area contributed by atoms with E-state index in [1.807, 2.05) is 31.2 Å². The van der Waals surface area contributed by atoms with Crippen LogP contribution in [0.15, 0.2) is 24.3 Å². The molecule has 1 aromatic carbocycles. The molecule has 2 heterocycles. The van der Waals surface area contributed by atoms with Crippen molar-refractivity contribution in [3.05, 3.63) is 24.3 Å². The summed E-state index contributed by atoms with van der Waals surface area (Å²) < 4.78 is 11.6. The lowest BCUT2D eigenvalue weighted by Gasteiger charge is -2.36.